The van der Waals surface area contributed by atoms with Crippen molar-refractivity contribution in [2.75, 3.05) is 0 Å². The first kappa shape index (κ1) is 88.4. The van der Waals surface area contributed by atoms with Crippen LogP contribution in [-0.2, 0) is 0 Å². The third kappa shape index (κ3) is 29.1. The molecule has 0 aliphatic carbocycles. The Hall–Kier alpha value is -11.8. The van der Waals surface area contributed by atoms with Crippen LogP contribution in [0, 0.1) is 0 Å². The molecule has 113 heavy (non-hydrogen) atoms. The first-order valence-corrected chi connectivity index (χ1v) is 39.6. The number of aromatic nitrogens is 15. The summed E-state index contributed by atoms with van der Waals surface area (Å²) in [5.41, 5.74) is 14.9. The van der Waals surface area contributed by atoms with Crippen LogP contribution in [0.5, 0.6) is 0 Å². The van der Waals surface area contributed by atoms with Crippen molar-refractivity contribution in [2.45, 2.75) is 198 Å². The zero-order valence-electron chi connectivity index (χ0n) is 70.1. The molecule has 0 spiro atoms. The van der Waals surface area contributed by atoms with Crippen molar-refractivity contribution in [1.29, 1.82) is 0 Å². The standard InChI is InChI=1S/3C12H13N.2C11H12N2.C10H12N2.2C8H11N.2C7H10N2/c1-9(2)10-7-8-13-12-6-4-3-5-11(10)12;1-9(2)11-8-7-10-5-3-4-6-12(10)13-11;1-9(2)12-11-6-4-3-5-10(11)7-8-13-12;1-8(2)11-9-5-3-4-6-10(9)12-7-13-11;1-8(2)11-12-7-9-5-3-4-6-10(9)13-11;1-7(2)10-11-8-5-3-4-6-9(8)12-10;1-7(2)8-4-3-5-9-6-8;1-7(2)8-5-3-4-6-9-8;1-6(2)7-3-4-8-5-9-7;1-6(2)7-8-4-3-5-9-7/h3*3-9H,1-2H3;2*3-8H,1-2H3;3-7H,1-2H3,(H,11,12);2*3-7H,1-2H3;2*3-6H,1-2H3. The highest BCUT2D eigenvalue weighted by Gasteiger charge is 2.10. The zero-order valence-corrected chi connectivity index (χ0v) is 70.1. The molecule has 0 fully saturated rings. The molecule has 0 atom stereocenters. The number of para-hydroxylation sites is 6. The number of aromatic amines is 1. The molecule has 584 valence electrons. The number of hydrogen-bond donors (Lipinski definition) is 1. The van der Waals surface area contributed by atoms with Crippen LogP contribution < -0.4 is 0 Å². The van der Waals surface area contributed by atoms with E-state index in [0.717, 1.165) is 73.0 Å². The minimum Gasteiger partial charge on any atom is -0.342 e. The van der Waals surface area contributed by atoms with Gasteiger partial charge in [-0.15, -0.1) is 0 Å². The van der Waals surface area contributed by atoms with Gasteiger partial charge in [-0.25, -0.2) is 44.9 Å². The SMILES string of the molecule is CC(C)c1ccc2ccccc2n1.CC(C)c1ccccn1.CC(C)c1cccnc1.CC(C)c1ccnc2ccccc12.CC(C)c1ccncn1.CC(C)c1nc2ccccc2[nH]1.CC(C)c1ncc2ccccc2n1.CC(C)c1nccc2ccccc12.CC(C)c1ncccn1.CC(C)c1ncnc2ccccc12. The molecule has 0 aliphatic rings. The maximum atomic E-state index is 4.57. The Bertz CT molecular complexity index is 4820. The lowest BCUT2D eigenvalue weighted by molar-refractivity contribution is 0.774. The number of nitrogens with one attached hydrogen (secondary N) is 1. The van der Waals surface area contributed by atoms with Gasteiger partial charge >= 0.3 is 0 Å². The second-order valence-electron chi connectivity index (χ2n) is 30.3. The lowest BCUT2D eigenvalue weighted by atomic mass is 9.99. The summed E-state index contributed by atoms with van der Waals surface area (Å²) in [5.74, 6) is 7.86. The first-order chi connectivity index (χ1) is 54.4. The highest BCUT2D eigenvalue weighted by Crippen LogP contribution is 2.26. The van der Waals surface area contributed by atoms with Crippen LogP contribution in [0.25, 0.3) is 65.4 Å². The number of rotatable bonds is 10. The van der Waals surface area contributed by atoms with Crippen molar-refractivity contribution >= 4 is 65.4 Å². The highest BCUT2D eigenvalue weighted by molar-refractivity contribution is 5.85. The van der Waals surface area contributed by atoms with E-state index in [-0.39, 0.29) is 0 Å². The molecule has 15 nitrogen and oxygen atoms in total. The van der Waals surface area contributed by atoms with Gasteiger partial charge in [-0.05, 0) is 143 Å². The van der Waals surface area contributed by atoms with E-state index in [0.29, 0.717) is 59.2 Å². The lowest BCUT2D eigenvalue weighted by Crippen LogP contribution is -1.96. The molecule has 10 aromatic heterocycles. The molecule has 0 saturated carbocycles. The van der Waals surface area contributed by atoms with Gasteiger partial charge in [0.25, 0.3) is 0 Å². The fraction of sp³-hybridized carbons (Fsp3) is 0.306. The van der Waals surface area contributed by atoms with Crippen LogP contribution >= 0.6 is 0 Å². The minimum absolute atomic E-state index is 0.393. The van der Waals surface area contributed by atoms with Gasteiger partial charge in [0, 0.05) is 118 Å². The Balaban J connectivity index is 0.000000175. The predicted octanol–water partition coefficient (Wildman–Crippen LogP) is 25.9. The summed E-state index contributed by atoms with van der Waals surface area (Å²) in [7, 11) is 0. The molecule has 1 N–H and O–H groups in total. The Morgan fingerprint density at radius 3 is 1.31 bits per heavy atom. The molecule has 0 aliphatic heterocycles. The van der Waals surface area contributed by atoms with Gasteiger partial charge in [-0.2, -0.15) is 0 Å². The molecule has 0 unspecified atom stereocenters. The predicted molar refractivity (Wildman–Crippen MR) is 474 cm³/mol. The van der Waals surface area contributed by atoms with Gasteiger partial charge in [0.1, 0.15) is 30.1 Å². The maximum absolute atomic E-state index is 4.57. The van der Waals surface area contributed by atoms with E-state index < -0.39 is 0 Å². The fourth-order valence-corrected chi connectivity index (χ4v) is 11.3. The Morgan fingerprint density at radius 1 is 0.239 bits per heavy atom. The molecule has 15 heteroatoms. The molecule has 6 aromatic carbocycles. The van der Waals surface area contributed by atoms with Crippen LogP contribution in [0.15, 0.2) is 281 Å². The number of H-pyrrole nitrogens is 1. The zero-order chi connectivity index (χ0) is 81.6. The van der Waals surface area contributed by atoms with E-state index in [1.807, 2.05) is 152 Å². The van der Waals surface area contributed by atoms with Crippen LogP contribution in [0.4, 0.5) is 0 Å². The summed E-state index contributed by atoms with van der Waals surface area (Å²) < 4.78 is 0. The van der Waals surface area contributed by atoms with E-state index in [1.54, 1.807) is 37.4 Å². The Kier molecular flexibility index (Phi) is 36.6. The summed E-state index contributed by atoms with van der Waals surface area (Å²) >= 11 is 0. The summed E-state index contributed by atoms with van der Waals surface area (Å²) in [4.78, 5) is 62.5. The maximum Gasteiger partial charge on any atom is 0.131 e. The van der Waals surface area contributed by atoms with Crippen molar-refractivity contribution in [3.63, 3.8) is 0 Å². The van der Waals surface area contributed by atoms with E-state index in [1.165, 1.54) is 49.4 Å². The van der Waals surface area contributed by atoms with Gasteiger partial charge in [-0.3, -0.25) is 24.9 Å². The number of imidazole rings is 1. The molecule has 0 saturated heterocycles. The topological polar surface area (TPSA) is 196 Å². The van der Waals surface area contributed by atoms with Gasteiger partial charge in [0.05, 0.1) is 44.5 Å². The van der Waals surface area contributed by atoms with E-state index in [2.05, 4.69) is 304 Å². The van der Waals surface area contributed by atoms with E-state index in [4.69, 9.17) is 0 Å². The lowest BCUT2D eigenvalue weighted by Gasteiger charge is -2.08. The third-order valence-corrected chi connectivity index (χ3v) is 17.8. The van der Waals surface area contributed by atoms with Crippen LogP contribution in [0.1, 0.15) is 255 Å². The van der Waals surface area contributed by atoms with Crippen molar-refractivity contribution in [3.05, 3.63) is 338 Å². The molecule has 16 aromatic rings. The van der Waals surface area contributed by atoms with Crippen LogP contribution in [0.2, 0.25) is 0 Å². The molecular weight excluding hydrogens is 1390 g/mol. The molecular formula is C98H117N15. The molecule has 0 bridgehead atoms. The largest absolute Gasteiger partial charge is 0.342 e. The number of pyridine rings is 5. The second kappa shape index (κ2) is 46.7. The van der Waals surface area contributed by atoms with Crippen LogP contribution in [-0.4, -0.2) is 74.8 Å². The second-order valence-corrected chi connectivity index (χ2v) is 30.3. The van der Waals surface area contributed by atoms with E-state index in [9.17, 15) is 0 Å². The molecule has 16 rings (SSSR count). The quantitative estimate of drug-likeness (QED) is 0.136. The molecule has 10 heterocycles. The van der Waals surface area contributed by atoms with Gasteiger partial charge in [-0.1, -0.05) is 266 Å². The highest BCUT2D eigenvalue weighted by atomic mass is 14.9. The minimum atomic E-state index is 0.393. The number of fused-ring (bicyclic) bond motifs is 6. The number of nitrogens with zero attached hydrogens (tertiary/aromatic N) is 14. The normalized spacial score (nSPS) is 10.7. The van der Waals surface area contributed by atoms with Gasteiger partial charge in [0.15, 0.2) is 0 Å². The van der Waals surface area contributed by atoms with Gasteiger partial charge in [0.2, 0.25) is 0 Å². The fourth-order valence-electron chi connectivity index (χ4n) is 11.3. The molecule has 0 amide bonds. The van der Waals surface area contributed by atoms with E-state index >= 15 is 0 Å². The van der Waals surface area contributed by atoms with Crippen molar-refractivity contribution in [2.24, 2.45) is 0 Å². The van der Waals surface area contributed by atoms with Gasteiger partial charge < -0.3 is 4.98 Å². The summed E-state index contributed by atoms with van der Waals surface area (Å²) in [5, 5.41) is 7.32. The van der Waals surface area contributed by atoms with Crippen molar-refractivity contribution < 1.29 is 0 Å². The summed E-state index contributed by atoms with van der Waals surface area (Å²) in [6.45, 7) is 42.9. The Labute approximate surface area is 671 Å². The first-order valence-electron chi connectivity index (χ1n) is 39.6. The van der Waals surface area contributed by atoms with Crippen molar-refractivity contribution in [3.8, 4) is 0 Å². The average molecular weight is 1510 g/mol. The number of hydrogen-bond acceptors (Lipinski definition) is 14. The molecule has 0 radical (unpaired) electrons. The third-order valence-electron chi connectivity index (χ3n) is 17.8. The summed E-state index contributed by atoms with van der Waals surface area (Å²) in [6.07, 6.45) is 19.7. The Morgan fingerprint density at radius 2 is 0.779 bits per heavy atom. The summed E-state index contributed by atoms with van der Waals surface area (Å²) in [6, 6.07) is 71.4. The monoisotopic (exact) mass is 1500 g/mol. The van der Waals surface area contributed by atoms with Crippen molar-refractivity contribution in [1.82, 2.24) is 74.8 Å². The average Bonchev–Trinajstić information content (AvgIpc) is 1.00. The smallest absolute Gasteiger partial charge is 0.131 e. The number of benzene rings is 6. The van der Waals surface area contributed by atoms with Crippen LogP contribution in [0.3, 0.4) is 0 Å².